The number of sulfonamides is 1. The van der Waals surface area contributed by atoms with E-state index in [-0.39, 0.29) is 22.3 Å². The van der Waals surface area contributed by atoms with Gasteiger partial charge in [0.15, 0.2) is 20.9 Å². The van der Waals surface area contributed by atoms with E-state index >= 15 is 0 Å². The summed E-state index contributed by atoms with van der Waals surface area (Å²) in [5, 5.41) is 5.32. The number of thiazole rings is 1. The Balaban J connectivity index is 1.62. The average molecular weight is 728 g/mol. The van der Waals surface area contributed by atoms with Crippen molar-refractivity contribution < 1.29 is 49.1 Å². The van der Waals surface area contributed by atoms with Crippen LogP contribution in [-0.2, 0) is 35.1 Å². The fourth-order valence-electron chi connectivity index (χ4n) is 4.80. The molecule has 2 atom stereocenters. The number of amides is 1. The lowest BCUT2D eigenvalue weighted by molar-refractivity contribution is -0.274. The number of Topliss-reactive ketones (excluding diaryl/α,β-unsaturated/α-hetero) is 1. The first-order valence-corrected chi connectivity index (χ1v) is 18.6. The van der Waals surface area contributed by atoms with Gasteiger partial charge in [0.1, 0.15) is 10.8 Å². The Morgan fingerprint density at radius 3 is 2.23 bits per heavy atom. The van der Waals surface area contributed by atoms with E-state index in [2.05, 4.69) is 15.0 Å². The second-order valence-corrected chi connectivity index (χ2v) is 15.9. The highest BCUT2D eigenvalue weighted by atomic mass is 32.2. The maximum absolute atomic E-state index is 13.7. The molecule has 1 unspecified atom stereocenters. The normalized spacial score (nSPS) is 13.6. The number of fused-ring (bicyclic) bond motifs is 1. The van der Waals surface area contributed by atoms with Crippen molar-refractivity contribution in [3.63, 3.8) is 0 Å². The van der Waals surface area contributed by atoms with Crippen molar-refractivity contribution in [3.05, 3.63) is 82.9 Å². The SMILES string of the molecule is COC[C@H](C)CC(=O)c1ccc(-c2ccc3nc(C(C(=O)NCCS(N)(=O)=O)S(=O)(=O)Cc4ccc(OC(F)(F)F)cc4)sc3c2)cc1. The number of hydrogen-bond acceptors (Lipinski definition) is 10. The third kappa shape index (κ3) is 10.3. The summed E-state index contributed by atoms with van der Waals surface area (Å²) in [7, 11) is -6.82. The van der Waals surface area contributed by atoms with Gasteiger partial charge in [-0.25, -0.2) is 27.0 Å². The van der Waals surface area contributed by atoms with E-state index in [0.717, 1.165) is 46.7 Å². The third-order valence-corrected chi connectivity index (χ3v) is 10.9. The topological polar surface area (TPSA) is 172 Å². The monoisotopic (exact) mass is 727 g/mol. The number of nitrogens with two attached hydrogens (primary N) is 1. The number of alkyl halides is 3. The molecular formula is C31H32F3N3O8S3. The van der Waals surface area contributed by atoms with E-state index in [4.69, 9.17) is 9.88 Å². The molecule has 3 aromatic carbocycles. The number of ether oxygens (including phenoxy) is 2. The Morgan fingerprint density at radius 1 is 0.979 bits per heavy atom. The zero-order valence-corrected chi connectivity index (χ0v) is 28.1. The van der Waals surface area contributed by atoms with Crippen molar-refractivity contribution in [2.24, 2.45) is 11.1 Å². The molecular weight excluding hydrogens is 696 g/mol. The third-order valence-electron chi connectivity index (χ3n) is 6.96. The second kappa shape index (κ2) is 15.1. The summed E-state index contributed by atoms with van der Waals surface area (Å²) in [5.41, 5.74) is 2.53. The van der Waals surface area contributed by atoms with E-state index in [0.29, 0.717) is 28.8 Å². The molecule has 0 bridgehead atoms. The quantitative estimate of drug-likeness (QED) is 0.164. The van der Waals surface area contributed by atoms with E-state index in [1.165, 1.54) is 0 Å². The van der Waals surface area contributed by atoms with Gasteiger partial charge in [0.2, 0.25) is 15.9 Å². The summed E-state index contributed by atoms with van der Waals surface area (Å²) in [6.07, 6.45) is -4.61. The Morgan fingerprint density at radius 2 is 1.62 bits per heavy atom. The molecule has 0 aliphatic carbocycles. The van der Waals surface area contributed by atoms with Gasteiger partial charge < -0.3 is 14.8 Å². The molecule has 17 heteroatoms. The van der Waals surface area contributed by atoms with Gasteiger partial charge in [-0.05, 0) is 46.9 Å². The number of aromatic nitrogens is 1. The minimum absolute atomic E-state index is 0.0196. The van der Waals surface area contributed by atoms with Crippen LogP contribution in [0.2, 0.25) is 0 Å². The van der Waals surface area contributed by atoms with Crippen molar-refractivity contribution in [1.82, 2.24) is 10.3 Å². The van der Waals surface area contributed by atoms with Crippen LogP contribution in [-0.4, -0.2) is 65.9 Å². The standard InChI is InChI=1S/C31H32F3N3O8S3/c1-19(17-44-2)15-26(38)22-7-5-21(6-8-22)23-9-12-25-27(16-23)46-30(37-25)28(29(39)36-13-14-48(35,42)43)47(40,41)18-20-3-10-24(11-4-20)45-31(32,33)34/h3-12,16,19,28H,13-15,17-18H2,1-2H3,(H,36,39)(H2,35,42,43)/t19-,28?/m1/s1. The zero-order chi connectivity index (χ0) is 35.3. The van der Waals surface area contributed by atoms with Crippen LogP contribution < -0.4 is 15.2 Å². The highest BCUT2D eigenvalue weighted by molar-refractivity contribution is 7.91. The molecule has 0 spiro atoms. The van der Waals surface area contributed by atoms with Crippen LogP contribution in [0.15, 0.2) is 66.7 Å². The molecule has 4 aromatic rings. The second-order valence-electron chi connectivity index (χ2n) is 11.0. The predicted octanol–water partition coefficient (Wildman–Crippen LogP) is 4.78. The molecule has 11 nitrogen and oxygen atoms in total. The van der Waals surface area contributed by atoms with Gasteiger partial charge in [-0.3, -0.25) is 9.59 Å². The van der Waals surface area contributed by atoms with Gasteiger partial charge in [-0.2, -0.15) is 0 Å². The van der Waals surface area contributed by atoms with Gasteiger partial charge in [0, 0.05) is 32.2 Å². The molecule has 1 aromatic heterocycles. The van der Waals surface area contributed by atoms with Crippen LogP contribution in [0.25, 0.3) is 21.3 Å². The minimum Gasteiger partial charge on any atom is -0.406 e. The first-order valence-electron chi connectivity index (χ1n) is 14.3. The van der Waals surface area contributed by atoms with Gasteiger partial charge in [-0.15, -0.1) is 24.5 Å². The highest BCUT2D eigenvalue weighted by Crippen LogP contribution is 2.35. The van der Waals surface area contributed by atoms with E-state index < -0.39 is 61.2 Å². The van der Waals surface area contributed by atoms with Crippen LogP contribution in [0, 0.1) is 5.92 Å². The van der Waals surface area contributed by atoms with Crippen molar-refractivity contribution in [3.8, 4) is 16.9 Å². The largest absolute Gasteiger partial charge is 0.573 e. The Labute approximate surface area is 279 Å². The maximum Gasteiger partial charge on any atom is 0.573 e. The van der Waals surface area contributed by atoms with Crippen LogP contribution in [0.5, 0.6) is 5.75 Å². The molecule has 3 N–H and O–H groups in total. The fourth-order valence-corrected chi connectivity index (χ4v) is 8.35. The molecule has 0 fully saturated rings. The molecule has 0 aliphatic rings. The maximum atomic E-state index is 13.7. The molecule has 0 saturated carbocycles. The van der Waals surface area contributed by atoms with E-state index in [1.54, 1.807) is 49.6 Å². The smallest absolute Gasteiger partial charge is 0.406 e. The molecule has 258 valence electrons. The van der Waals surface area contributed by atoms with E-state index in [9.17, 15) is 39.6 Å². The van der Waals surface area contributed by atoms with Crippen molar-refractivity contribution in [2.45, 2.75) is 30.7 Å². The Hall–Kier alpha value is -3.90. The summed E-state index contributed by atoms with van der Waals surface area (Å²) >= 11 is 0.942. The molecule has 0 radical (unpaired) electrons. The number of nitrogens with one attached hydrogen (secondary N) is 1. The molecule has 1 heterocycles. The lowest BCUT2D eigenvalue weighted by atomic mass is 9.98. The molecule has 48 heavy (non-hydrogen) atoms. The summed E-state index contributed by atoms with van der Waals surface area (Å²) in [5.74, 6) is -2.95. The number of ketones is 1. The summed E-state index contributed by atoms with van der Waals surface area (Å²) in [4.78, 5) is 30.3. The lowest BCUT2D eigenvalue weighted by Gasteiger charge is -2.16. The van der Waals surface area contributed by atoms with Gasteiger partial charge in [0.25, 0.3) is 0 Å². The molecule has 1 amide bonds. The van der Waals surface area contributed by atoms with Crippen LogP contribution in [0.1, 0.15) is 39.5 Å². The van der Waals surface area contributed by atoms with Gasteiger partial charge >= 0.3 is 6.36 Å². The van der Waals surface area contributed by atoms with Crippen LogP contribution in [0.3, 0.4) is 0 Å². The van der Waals surface area contributed by atoms with Crippen molar-refractivity contribution >= 4 is 53.1 Å². The Bertz CT molecular complexity index is 1980. The number of nitrogens with zero attached hydrogens (tertiary/aromatic N) is 1. The first-order chi connectivity index (χ1) is 22.4. The number of halogens is 3. The number of carbonyl (C=O) groups is 2. The van der Waals surface area contributed by atoms with E-state index in [1.807, 2.05) is 6.92 Å². The minimum atomic E-state index is -4.94. The molecule has 4 rings (SSSR count). The van der Waals surface area contributed by atoms with Crippen LogP contribution in [0.4, 0.5) is 13.2 Å². The van der Waals surface area contributed by atoms with Crippen molar-refractivity contribution in [1.29, 1.82) is 0 Å². The predicted molar refractivity (Wildman–Crippen MR) is 175 cm³/mol. The highest BCUT2D eigenvalue weighted by Gasteiger charge is 2.37. The molecule has 0 saturated heterocycles. The summed E-state index contributed by atoms with van der Waals surface area (Å²) in [6, 6.07) is 16.3. The summed E-state index contributed by atoms with van der Waals surface area (Å²) < 4.78 is 97.3. The number of benzene rings is 3. The average Bonchev–Trinajstić information content (AvgIpc) is 3.39. The number of hydrogen-bond donors (Lipinski definition) is 2. The number of carbonyl (C=O) groups excluding carboxylic acids is 2. The molecule has 0 aliphatic heterocycles. The number of rotatable bonds is 15. The number of primary sulfonamides is 1. The fraction of sp³-hybridized carbons (Fsp3) is 0.323. The van der Waals surface area contributed by atoms with Crippen molar-refractivity contribution in [2.75, 3.05) is 26.0 Å². The lowest BCUT2D eigenvalue weighted by Crippen LogP contribution is -2.37. The van der Waals surface area contributed by atoms with Crippen LogP contribution >= 0.6 is 11.3 Å². The zero-order valence-electron chi connectivity index (χ0n) is 25.7. The van der Waals surface area contributed by atoms with Gasteiger partial charge in [-0.1, -0.05) is 49.4 Å². The Kier molecular flexibility index (Phi) is 11.6. The number of methoxy groups -OCH3 is 1. The summed E-state index contributed by atoms with van der Waals surface area (Å²) in [6.45, 7) is 1.92. The number of sulfone groups is 1. The van der Waals surface area contributed by atoms with Gasteiger partial charge in [0.05, 0.1) is 21.7 Å². The first kappa shape index (κ1) is 36.9.